The number of fused-ring (bicyclic) bond motifs is 1. The fourth-order valence-corrected chi connectivity index (χ4v) is 3.35. The highest BCUT2D eigenvalue weighted by atomic mass is 16.3. The van der Waals surface area contributed by atoms with E-state index in [1.807, 2.05) is 12.1 Å². The van der Waals surface area contributed by atoms with Gasteiger partial charge in [0.05, 0.1) is 5.52 Å². The van der Waals surface area contributed by atoms with Gasteiger partial charge in [-0.25, -0.2) is 4.98 Å². The lowest BCUT2D eigenvalue weighted by molar-refractivity contribution is 0.317. The van der Waals surface area contributed by atoms with Gasteiger partial charge in [-0.15, -0.1) is 0 Å². The third-order valence-corrected chi connectivity index (χ3v) is 4.26. The van der Waals surface area contributed by atoms with Crippen molar-refractivity contribution in [2.75, 3.05) is 23.7 Å². The summed E-state index contributed by atoms with van der Waals surface area (Å²) in [6.07, 6.45) is 2.19. The molecular formula is C18H26N4O. The molecule has 1 aliphatic heterocycles. The van der Waals surface area contributed by atoms with Crippen LogP contribution < -0.4 is 16.0 Å². The Labute approximate surface area is 137 Å². The molecule has 0 amide bonds. The molecule has 0 aliphatic carbocycles. The molecule has 5 nitrogen and oxygen atoms in total. The van der Waals surface area contributed by atoms with E-state index in [0.717, 1.165) is 42.5 Å². The first-order valence-electron chi connectivity index (χ1n) is 8.24. The average molecular weight is 314 g/mol. The number of pyridine rings is 1. The van der Waals surface area contributed by atoms with Crippen LogP contribution in [0.5, 0.6) is 5.75 Å². The van der Waals surface area contributed by atoms with Crippen molar-refractivity contribution in [3.8, 4) is 5.75 Å². The molecule has 4 N–H and O–H groups in total. The van der Waals surface area contributed by atoms with Crippen LogP contribution in [-0.4, -0.2) is 34.8 Å². The van der Waals surface area contributed by atoms with Crippen molar-refractivity contribution in [1.82, 2.24) is 10.3 Å². The maximum Gasteiger partial charge on any atom is 0.126 e. The SMILES string of the molecule is CC(C)(C)NC1CCN(c2cc(N)nc3ccc(O)cc23)CC1. The van der Waals surface area contributed by atoms with Crippen molar-refractivity contribution in [1.29, 1.82) is 0 Å². The normalized spacial score (nSPS) is 16.9. The monoisotopic (exact) mass is 314 g/mol. The van der Waals surface area contributed by atoms with Crippen molar-refractivity contribution < 1.29 is 5.11 Å². The van der Waals surface area contributed by atoms with E-state index in [9.17, 15) is 5.11 Å². The third kappa shape index (κ3) is 3.67. The van der Waals surface area contributed by atoms with E-state index in [1.54, 1.807) is 12.1 Å². The molecule has 0 unspecified atom stereocenters. The molecule has 2 heterocycles. The van der Waals surface area contributed by atoms with Crippen molar-refractivity contribution in [3.05, 3.63) is 24.3 Å². The molecule has 5 heteroatoms. The van der Waals surface area contributed by atoms with Gasteiger partial charge in [-0.3, -0.25) is 0 Å². The van der Waals surface area contributed by atoms with Gasteiger partial charge in [0.1, 0.15) is 11.6 Å². The van der Waals surface area contributed by atoms with Crippen LogP contribution in [0.4, 0.5) is 11.5 Å². The molecule has 1 aromatic heterocycles. The Morgan fingerprint density at radius 2 is 1.91 bits per heavy atom. The Morgan fingerprint density at radius 1 is 1.22 bits per heavy atom. The number of nitrogens with two attached hydrogens (primary N) is 1. The highest BCUT2D eigenvalue weighted by molar-refractivity contribution is 5.94. The lowest BCUT2D eigenvalue weighted by Gasteiger charge is -2.37. The van der Waals surface area contributed by atoms with E-state index in [2.05, 4.69) is 36.0 Å². The number of rotatable bonds is 2. The number of anilines is 2. The number of piperidine rings is 1. The Morgan fingerprint density at radius 3 is 2.57 bits per heavy atom. The van der Waals surface area contributed by atoms with Crippen LogP contribution in [0.2, 0.25) is 0 Å². The first kappa shape index (κ1) is 15.9. The molecule has 3 rings (SSSR count). The first-order chi connectivity index (χ1) is 10.8. The number of aromatic hydroxyl groups is 1. The van der Waals surface area contributed by atoms with Gasteiger partial charge in [0, 0.05) is 41.8 Å². The Hall–Kier alpha value is -2.01. The Balaban J connectivity index is 1.83. The van der Waals surface area contributed by atoms with E-state index >= 15 is 0 Å². The second-order valence-corrected chi connectivity index (χ2v) is 7.42. The maximum absolute atomic E-state index is 9.80. The van der Waals surface area contributed by atoms with Crippen molar-refractivity contribution in [2.24, 2.45) is 0 Å². The molecule has 1 aliphatic rings. The summed E-state index contributed by atoms with van der Waals surface area (Å²) in [7, 11) is 0. The van der Waals surface area contributed by atoms with Crippen molar-refractivity contribution >= 4 is 22.4 Å². The van der Waals surface area contributed by atoms with E-state index < -0.39 is 0 Å². The first-order valence-corrected chi connectivity index (χ1v) is 8.24. The number of phenolic OH excluding ortho intramolecular Hbond substituents is 1. The molecule has 0 atom stereocenters. The summed E-state index contributed by atoms with van der Waals surface area (Å²) in [5, 5.41) is 14.4. The molecule has 0 radical (unpaired) electrons. The molecule has 0 bridgehead atoms. The number of aromatic nitrogens is 1. The highest BCUT2D eigenvalue weighted by Crippen LogP contribution is 2.32. The van der Waals surface area contributed by atoms with Gasteiger partial charge in [-0.05, 0) is 51.8 Å². The van der Waals surface area contributed by atoms with Gasteiger partial charge in [0.2, 0.25) is 0 Å². The molecule has 1 aromatic carbocycles. The van der Waals surface area contributed by atoms with Crippen LogP contribution in [0.1, 0.15) is 33.6 Å². The number of phenols is 1. The van der Waals surface area contributed by atoms with Gasteiger partial charge in [-0.2, -0.15) is 0 Å². The third-order valence-electron chi connectivity index (χ3n) is 4.26. The minimum absolute atomic E-state index is 0.145. The summed E-state index contributed by atoms with van der Waals surface area (Å²) in [6.45, 7) is 8.57. The molecule has 1 saturated heterocycles. The fraction of sp³-hybridized carbons (Fsp3) is 0.500. The van der Waals surface area contributed by atoms with Gasteiger partial charge in [0.25, 0.3) is 0 Å². The van der Waals surface area contributed by atoms with Crippen LogP contribution in [-0.2, 0) is 0 Å². The topological polar surface area (TPSA) is 74.4 Å². The molecule has 124 valence electrons. The summed E-state index contributed by atoms with van der Waals surface area (Å²) in [5.41, 5.74) is 8.01. The second-order valence-electron chi connectivity index (χ2n) is 7.42. The number of hydrogen-bond donors (Lipinski definition) is 3. The van der Waals surface area contributed by atoms with E-state index in [-0.39, 0.29) is 11.3 Å². The second kappa shape index (κ2) is 5.89. The summed E-state index contributed by atoms with van der Waals surface area (Å²) in [5.74, 6) is 0.780. The number of benzene rings is 1. The average Bonchev–Trinajstić information content (AvgIpc) is 2.46. The highest BCUT2D eigenvalue weighted by Gasteiger charge is 2.24. The molecule has 0 saturated carbocycles. The quantitative estimate of drug-likeness (QED) is 0.795. The van der Waals surface area contributed by atoms with Crippen molar-refractivity contribution in [2.45, 2.75) is 45.2 Å². The predicted octanol–water partition coefficient (Wildman–Crippen LogP) is 2.88. The number of hydrogen-bond acceptors (Lipinski definition) is 5. The summed E-state index contributed by atoms with van der Waals surface area (Å²) in [4.78, 5) is 6.71. The van der Waals surface area contributed by atoms with Gasteiger partial charge >= 0.3 is 0 Å². The van der Waals surface area contributed by atoms with Crippen LogP contribution in [0.3, 0.4) is 0 Å². The predicted molar refractivity (Wildman–Crippen MR) is 95.9 cm³/mol. The molecule has 23 heavy (non-hydrogen) atoms. The number of nitrogen functional groups attached to an aromatic ring is 1. The van der Waals surface area contributed by atoms with Crippen LogP contribution in [0.25, 0.3) is 10.9 Å². The maximum atomic E-state index is 9.80. The molecular weight excluding hydrogens is 288 g/mol. The van der Waals surface area contributed by atoms with Crippen LogP contribution in [0.15, 0.2) is 24.3 Å². The van der Waals surface area contributed by atoms with E-state index in [4.69, 9.17) is 5.73 Å². The largest absolute Gasteiger partial charge is 0.508 e. The summed E-state index contributed by atoms with van der Waals surface area (Å²) in [6, 6.07) is 7.71. The molecule has 2 aromatic rings. The number of nitrogens with zero attached hydrogens (tertiary/aromatic N) is 2. The zero-order valence-electron chi connectivity index (χ0n) is 14.1. The lowest BCUT2D eigenvalue weighted by atomic mass is 9.99. The Bertz CT molecular complexity index is 700. The zero-order valence-corrected chi connectivity index (χ0v) is 14.1. The van der Waals surface area contributed by atoms with E-state index in [1.165, 1.54) is 0 Å². The minimum Gasteiger partial charge on any atom is -0.508 e. The van der Waals surface area contributed by atoms with Crippen LogP contribution >= 0.6 is 0 Å². The lowest BCUT2D eigenvalue weighted by Crippen LogP contribution is -2.49. The van der Waals surface area contributed by atoms with Gasteiger partial charge in [-0.1, -0.05) is 0 Å². The summed E-state index contributed by atoms with van der Waals surface area (Å²) < 4.78 is 0. The molecule has 0 spiro atoms. The van der Waals surface area contributed by atoms with Crippen molar-refractivity contribution in [3.63, 3.8) is 0 Å². The minimum atomic E-state index is 0.145. The molecule has 1 fully saturated rings. The fourth-order valence-electron chi connectivity index (χ4n) is 3.35. The van der Waals surface area contributed by atoms with Gasteiger partial charge in [0.15, 0.2) is 0 Å². The smallest absolute Gasteiger partial charge is 0.126 e. The number of nitrogens with one attached hydrogen (secondary N) is 1. The Kier molecular flexibility index (Phi) is 4.06. The van der Waals surface area contributed by atoms with Crippen LogP contribution in [0, 0.1) is 0 Å². The zero-order chi connectivity index (χ0) is 16.6. The summed E-state index contributed by atoms with van der Waals surface area (Å²) >= 11 is 0. The standard InChI is InChI=1S/C18H26N4O/c1-18(2,3)21-12-6-8-22(9-7-12)16-11-17(19)20-15-5-4-13(23)10-14(15)16/h4-5,10-12,21,23H,6-9H2,1-3H3,(H2,19,20). The van der Waals surface area contributed by atoms with Gasteiger partial charge < -0.3 is 21.1 Å². The van der Waals surface area contributed by atoms with E-state index in [0.29, 0.717) is 11.9 Å².